The molecule has 0 aliphatic carbocycles. The second-order valence-corrected chi connectivity index (χ2v) is 26.5. The van der Waals surface area contributed by atoms with E-state index in [1.165, 1.54) is 141 Å². The fourth-order valence-electron chi connectivity index (χ4n) is 9.58. The highest BCUT2D eigenvalue weighted by Gasteiger charge is 2.30. The number of rotatable bonds is 64. The zero-order valence-electron chi connectivity index (χ0n) is 53.3. The van der Waals surface area contributed by atoms with E-state index in [1.807, 2.05) is 0 Å². The van der Waals surface area contributed by atoms with Gasteiger partial charge in [0.1, 0.15) is 19.3 Å². The normalized spacial score (nSPS) is 14.2. The fourth-order valence-corrected chi connectivity index (χ4v) is 11.2. The van der Waals surface area contributed by atoms with Crippen molar-refractivity contribution in [2.75, 3.05) is 39.6 Å². The highest BCUT2D eigenvalue weighted by atomic mass is 31.2. The van der Waals surface area contributed by atoms with Gasteiger partial charge in [0.25, 0.3) is 0 Å². The predicted octanol–water partition coefficient (Wildman–Crippen LogP) is 17.8. The van der Waals surface area contributed by atoms with E-state index >= 15 is 0 Å². The highest BCUT2D eigenvalue weighted by molar-refractivity contribution is 7.47. The molecule has 0 heterocycles. The van der Waals surface area contributed by atoms with Gasteiger partial charge in [-0.05, 0) is 31.6 Å². The Bertz CT molecular complexity index is 1620. The first-order valence-corrected chi connectivity index (χ1v) is 36.6. The Morgan fingerprint density at radius 2 is 0.554 bits per heavy atom. The Kier molecular flexibility index (Phi) is 56.4. The first-order chi connectivity index (χ1) is 40.0. The zero-order valence-corrected chi connectivity index (χ0v) is 55.1. The number of aliphatic hydroxyl groups is 1. The van der Waals surface area contributed by atoms with Crippen LogP contribution >= 0.6 is 15.6 Å². The highest BCUT2D eigenvalue weighted by Crippen LogP contribution is 2.45. The Morgan fingerprint density at radius 1 is 0.325 bits per heavy atom. The Morgan fingerprint density at radius 3 is 0.819 bits per heavy atom. The summed E-state index contributed by atoms with van der Waals surface area (Å²) in [6, 6.07) is 0. The molecule has 0 aromatic carbocycles. The monoisotopic (exact) mass is 1230 g/mol. The van der Waals surface area contributed by atoms with Gasteiger partial charge in [-0.25, -0.2) is 9.13 Å². The minimum atomic E-state index is -4.94. The standard InChI is InChI=1S/C64H124O17P2/c1-6-9-12-15-18-21-22-25-29-33-38-43-48-62(67)75-54-60(81-64(69)50-45-40-35-30-26-23-24-28-31-36-41-46-57(4)5)56-79-83(72,73)77-52-58(65)51-76-82(70,71)78-55-59(53-74-61(66)47-42-37-32-20-17-14-11-8-3)80-63(68)49-44-39-34-27-19-16-13-10-7-2/h57-60,65H,6-56H2,1-5H3,(H,70,71)(H,72,73)/t58-,59+,60+/m0/s1. The molecule has 0 rings (SSSR count). The van der Waals surface area contributed by atoms with Gasteiger partial charge in [-0.15, -0.1) is 0 Å². The van der Waals surface area contributed by atoms with Crippen molar-refractivity contribution in [1.29, 1.82) is 0 Å². The van der Waals surface area contributed by atoms with Crippen LogP contribution in [0.5, 0.6) is 0 Å². The van der Waals surface area contributed by atoms with Crippen molar-refractivity contribution in [1.82, 2.24) is 0 Å². The van der Waals surface area contributed by atoms with Crippen LogP contribution in [-0.2, 0) is 65.4 Å². The summed E-state index contributed by atoms with van der Waals surface area (Å²) in [5.41, 5.74) is 0. The summed E-state index contributed by atoms with van der Waals surface area (Å²) in [5.74, 6) is -1.37. The first-order valence-electron chi connectivity index (χ1n) is 33.6. The molecule has 0 saturated carbocycles. The molecule has 2 unspecified atom stereocenters. The number of unbranched alkanes of at least 4 members (excludes halogenated alkanes) is 36. The van der Waals surface area contributed by atoms with Gasteiger partial charge in [0.05, 0.1) is 26.4 Å². The number of phosphoric acid groups is 2. The third kappa shape index (κ3) is 58.8. The van der Waals surface area contributed by atoms with Crippen molar-refractivity contribution in [2.24, 2.45) is 5.92 Å². The summed E-state index contributed by atoms with van der Waals surface area (Å²) in [5, 5.41) is 10.5. The Labute approximate surface area is 505 Å². The molecule has 0 radical (unpaired) electrons. The molecule has 0 aromatic rings. The first kappa shape index (κ1) is 81.1. The van der Waals surface area contributed by atoms with E-state index in [-0.39, 0.29) is 25.7 Å². The van der Waals surface area contributed by atoms with Crippen molar-refractivity contribution in [3.05, 3.63) is 0 Å². The lowest BCUT2D eigenvalue weighted by Crippen LogP contribution is -2.30. The van der Waals surface area contributed by atoms with E-state index in [2.05, 4.69) is 34.6 Å². The van der Waals surface area contributed by atoms with Gasteiger partial charge < -0.3 is 33.8 Å². The van der Waals surface area contributed by atoms with Crippen LogP contribution in [0.1, 0.15) is 324 Å². The molecule has 3 N–H and O–H groups in total. The lowest BCUT2D eigenvalue weighted by Gasteiger charge is -2.21. The van der Waals surface area contributed by atoms with Gasteiger partial charge in [-0.1, -0.05) is 272 Å². The van der Waals surface area contributed by atoms with Gasteiger partial charge in [-0.3, -0.25) is 37.3 Å². The second-order valence-electron chi connectivity index (χ2n) is 23.6. The van der Waals surface area contributed by atoms with Gasteiger partial charge in [0.2, 0.25) is 0 Å². The third-order valence-electron chi connectivity index (χ3n) is 14.8. The van der Waals surface area contributed by atoms with Gasteiger partial charge in [-0.2, -0.15) is 0 Å². The maximum absolute atomic E-state index is 13.0. The number of carbonyl (C=O) groups excluding carboxylic acids is 4. The van der Waals surface area contributed by atoms with Gasteiger partial charge in [0, 0.05) is 25.7 Å². The molecule has 0 aliphatic rings. The lowest BCUT2D eigenvalue weighted by atomic mass is 10.0. The van der Waals surface area contributed by atoms with Crippen LogP contribution in [0.2, 0.25) is 0 Å². The summed E-state index contributed by atoms with van der Waals surface area (Å²) < 4.78 is 67.9. The fraction of sp³-hybridized carbons (Fsp3) is 0.938. The summed E-state index contributed by atoms with van der Waals surface area (Å²) in [6.07, 6.45) is 41.6. The average Bonchev–Trinajstić information content (AvgIpc) is 3.45. The van der Waals surface area contributed by atoms with Crippen molar-refractivity contribution in [3.8, 4) is 0 Å². The molecule has 0 amide bonds. The van der Waals surface area contributed by atoms with Crippen LogP contribution in [0.15, 0.2) is 0 Å². The lowest BCUT2D eigenvalue weighted by molar-refractivity contribution is -0.161. The molecule has 0 bridgehead atoms. The largest absolute Gasteiger partial charge is 0.472 e. The quantitative estimate of drug-likeness (QED) is 0.0222. The molecule has 0 aromatic heterocycles. The number of phosphoric ester groups is 2. The number of carbonyl (C=O) groups is 4. The molecule has 0 spiro atoms. The van der Waals surface area contributed by atoms with Crippen molar-refractivity contribution in [2.45, 2.75) is 342 Å². The molecular formula is C64H124O17P2. The van der Waals surface area contributed by atoms with Crippen molar-refractivity contribution >= 4 is 39.5 Å². The van der Waals surface area contributed by atoms with E-state index in [0.29, 0.717) is 25.7 Å². The van der Waals surface area contributed by atoms with Crippen LogP contribution in [0, 0.1) is 5.92 Å². The number of aliphatic hydroxyl groups excluding tert-OH is 1. The van der Waals surface area contributed by atoms with Crippen LogP contribution in [0.4, 0.5) is 0 Å². The van der Waals surface area contributed by atoms with E-state index in [0.717, 1.165) is 102 Å². The smallest absolute Gasteiger partial charge is 0.462 e. The Hall–Kier alpha value is -1.94. The number of hydrogen-bond donors (Lipinski definition) is 3. The van der Waals surface area contributed by atoms with Crippen molar-refractivity contribution < 1.29 is 80.2 Å². The minimum absolute atomic E-state index is 0.106. The van der Waals surface area contributed by atoms with Crippen molar-refractivity contribution in [3.63, 3.8) is 0 Å². The summed E-state index contributed by atoms with van der Waals surface area (Å²) in [4.78, 5) is 72.1. The molecule has 492 valence electrons. The topological polar surface area (TPSA) is 237 Å². The number of esters is 4. The van der Waals surface area contributed by atoms with Gasteiger partial charge >= 0.3 is 39.5 Å². The minimum Gasteiger partial charge on any atom is -0.462 e. The molecule has 0 aliphatic heterocycles. The molecule has 83 heavy (non-hydrogen) atoms. The maximum atomic E-state index is 13.0. The molecule has 0 fully saturated rings. The number of ether oxygens (including phenoxy) is 4. The predicted molar refractivity (Wildman–Crippen MR) is 331 cm³/mol. The van der Waals surface area contributed by atoms with Gasteiger partial charge in [0.15, 0.2) is 12.2 Å². The molecule has 19 heteroatoms. The van der Waals surface area contributed by atoms with Crippen LogP contribution in [0.3, 0.4) is 0 Å². The molecular weight excluding hydrogens is 1100 g/mol. The molecule has 5 atom stereocenters. The number of hydrogen-bond acceptors (Lipinski definition) is 15. The van der Waals surface area contributed by atoms with E-state index in [4.69, 9.17) is 37.0 Å². The molecule has 17 nitrogen and oxygen atoms in total. The maximum Gasteiger partial charge on any atom is 0.472 e. The van der Waals surface area contributed by atoms with E-state index < -0.39 is 97.5 Å². The summed E-state index contributed by atoms with van der Waals surface area (Å²) >= 11 is 0. The van der Waals surface area contributed by atoms with Crippen LogP contribution < -0.4 is 0 Å². The summed E-state index contributed by atoms with van der Waals surface area (Å²) in [6.45, 7) is 7.16. The SMILES string of the molecule is CCCCCCCCCCCCCCC(=O)OC[C@H](COP(=O)(O)OC[C@@H](O)COP(=O)(O)OC[C@@H](COC(=O)CCCCCCCCCC)OC(=O)CCCCCCCCCCC)OC(=O)CCCCCCCCCCCCCC(C)C. The zero-order chi connectivity index (χ0) is 61.3. The molecule has 0 saturated heterocycles. The second kappa shape index (κ2) is 57.8. The van der Waals surface area contributed by atoms with E-state index in [9.17, 15) is 43.2 Å². The summed E-state index contributed by atoms with van der Waals surface area (Å²) in [7, 11) is -9.88. The van der Waals surface area contributed by atoms with Crippen LogP contribution in [-0.4, -0.2) is 96.7 Å². The Balaban J connectivity index is 5.22. The average molecular weight is 1230 g/mol. The van der Waals surface area contributed by atoms with Crippen LogP contribution in [0.25, 0.3) is 0 Å². The third-order valence-corrected chi connectivity index (χ3v) is 16.7. The van der Waals surface area contributed by atoms with E-state index in [1.54, 1.807) is 0 Å².